The summed E-state index contributed by atoms with van der Waals surface area (Å²) in [5.41, 5.74) is 10.4. The molecular formula is C51H36N2S. The van der Waals surface area contributed by atoms with E-state index in [1.165, 1.54) is 58.4 Å². The molecule has 0 saturated heterocycles. The van der Waals surface area contributed by atoms with Gasteiger partial charge in [-0.05, 0) is 113 Å². The molecule has 0 amide bonds. The predicted octanol–water partition coefficient (Wildman–Crippen LogP) is 15.3. The van der Waals surface area contributed by atoms with E-state index in [-0.39, 0.29) is 0 Å². The van der Waals surface area contributed by atoms with E-state index in [4.69, 9.17) is 0 Å². The standard InChI is InChI=1S/C51H36N2S/c1-35-20-26-40(27-21-35)53(43-32-33-46-48(34-43)44-16-8-9-17-45(44)50-47-18-10-11-19-49(47)54-51(46)50)42-30-24-37(25-31-42)36-22-28-41(29-23-36)52(38-12-4-2-5-13-38)39-14-6-3-7-15-39/h2-34H,1H3. The van der Waals surface area contributed by atoms with Gasteiger partial charge in [-0.15, -0.1) is 11.3 Å². The van der Waals surface area contributed by atoms with E-state index >= 15 is 0 Å². The summed E-state index contributed by atoms with van der Waals surface area (Å²) in [4.78, 5) is 4.68. The first-order valence-corrected chi connectivity index (χ1v) is 19.2. The highest BCUT2D eigenvalue weighted by Crippen LogP contribution is 2.46. The van der Waals surface area contributed by atoms with Crippen molar-refractivity contribution in [1.82, 2.24) is 0 Å². The van der Waals surface area contributed by atoms with Crippen molar-refractivity contribution in [2.75, 3.05) is 9.80 Å². The largest absolute Gasteiger partial charge is 0.311 e. The van der Waals surface area contributed by atoms with Crippen LogP contribution in [0, 0.1) is 6.92 Å². The van der Waals surface area contributed by atoms with Crippen molar-refractivity contribution < 1.29 is 0 Å². The van der Waals surface area contributed by atoms with Gasteiger partial charge >= 0.3 is 0 Å². The summed E-state index contributed by atoms with van der Waals surface area (Å²) >= 11 is 1.90. The van der Waals surface area contributed by atoms with Crippen molar-refractivity contribution in [1.29, 1.82) is 0 Å². The Labute approximate surface area is 319 Å². The summed E-state index contributed by atoms with van der Waals surface area (Å²) in [5, 5.41) is 7.86. The number of fused-ring (bicyclic) bond motifs is 8. The third-order valence-corrected chi connectivity index (χ3v) is 11.7. The summed E-state index contributed by atoms with van der Waals surface area (Å²) in [6.45, 7) is 2.14. The molecule has 0 N–H and O–H groups in total. The minimum absolute atomic E-state index is 1.12. The number of thiophene rings is 1. The molecule has 9 aromatic carbocycles. The summed E-state index contributed by atoms with van der Waals surface area (Å²) in [6.07, 6.45) is 0. The van der Waals surface area contributed by atoms with E-state index in [0.717, 1.165) is 34.1 Å². The van der Waals surface area contributed by atoms with E-state index in [0.29, 0.717) is 0 Å². The lowest BCUT2D eigenvalue weighted by molar-refractivity contribution is 1.28. The molecule has 0 aliphatic carbocycles. The van der Waals surface area contributed by atoms with Gasteiger partial charge in [0.25, 0.3) is 0 Å². The molecule has 0 unspecified atom stereocenters. The van der Waals surface area contributed by atoms with Gasteiger partial charge in [0.2, 0.25) is 0 Å². The molecule has 0 atom stereocenters. The molecule has 1 heterocycles. The zero-order valence-corrected chi connectivity index (χ0v) is 30.7. The van der Waals surface area contributed by atoms with Crippen LogP contribution in [-0.4, -0.2) is 0 Å². The number of benzene rings is 9. The summed E-state index contributed by atoms with van der Waals surface area (Å²) in [7, 11) is 0. The molecule has 0 saturated carbocycles. The van der Waals surface area contributed by atoms with Crippen molar-refractivity contribution in [2.45, 2.75) is 6.92 Å². The minimum atomic E-state index is 1.12. The fourth-order valence-electron chi connectivity index (χ4n) is 7.88. The molecule has 54 heavy (non-hydrogen) atoms. The lowest BCUT2D eigenvalue weighted by Crippen LogP contribution is -2.10. The normalized spacial score (nSPS) is 11.4. The maximum Gasteiger partial charge on any atom is 0.0468 e. The highest BCUT2D eigenvalue weighted by atomic mass is 32.1. The van der Waals surface area contributed by atoms with Crippen molar-refractivity contribution in [3.8, 4) is 11.1 Å². The first-order valence-electron chi connectivity index (χ1n) is 18.4. The first-order chi connectivity index (χ1) is 26.7. The van der Waals surface area contributed by atoms with Crippen LogP contribution >= 0.6 is 11.3 Å². The number of aryl methyl sites for hydroxylation is 1. The van der Waals surface area contributed by atoms with Crippen LogP contribution in [0.1, 0.15) is 5.56 Å². The molecule has 256 valence electrons. The lowest BCUT2D eigenvalue weighted by Gasteiger charge is -2.26. The number of hydrogen-bond donors (Lipinski definition) is 0. The van der Waals surface area contributed by atoms with Crippen molar-refractivity contribution in [2.24, 2.45) is 0 Å². The van der Waals surface area contributed by atoms with Crippen LogP contribution in [0.15, 0.2) is 200 Å². The predicted molar refractivity (Wildman–Crippen MR) is 234 cm³/mol. The van der Waals surface area contributed by atoms with Gasteiger partial charge in [0, 0.05) is 59.7 Å². The molecule has 10 aromatic rings. The maximum atomic E-state index is 2.39. The highest BCUT2D eigenvalue weighted by molar-refractivity contribution is 7.27. The minimum Gasteiger partial charge on any atom is -0.311 e. The summed E-state index contributed by atoms with van der Waals surface area (Å²) < 4.78 is 2.68. The Bertz CT molecular complexity index is 2870. The molecule has 0 radical (unpaired) electrons. The summed E-state index contributed by atoms with van der Waals surface area (Å²) in [5.74, 6) is 0. The summed E-state index contributed by atoms with van der Waals surface area (Å²) in [6, 6.07) is 72.5. The van der Waals surface area contributed by atoms with Gasteiger partial charge in [0.1, 0.15) is 0 Å². The quantitative estimate of drug-likeness (QED) is 0.152. The van der Waals surface area contributed by atoms with Crippen LogP contribution in [0.4, 0.5) is 34.1 Å². The van der Waals surface area contributed by atoms with Gasteiger partial charge in [-0.1, -0.05) is 127 Å². The third-order valence-electron chi connectivity index (χ3n) is 10.5. The lowest BCUT2D eigenvalue weighted by atomic mass is 9.96. The molecule has 0 bridgehead atoms. The van der Waals surface area contributed by atoms with Gasteiger partial charge in [-0.2, -0.15) is 0 Å². The van der Waals surface area contributed by atoms with Crippen molar-refractivity contribution in [3.05, 3.63) is 206 Å². The second kappa shape index (κ2) is 13.4. The van der Waals surface area contributed by atoms with Gasteiger partial charge in [0.05, 0.1) is 0 Å². The van der Waals surface area contributed by atoms with Gasteiger partial charge < -0.3 is 9.80 Å². The van der Waals surface area contributed by atoms with Crippen molar-refractivity contribution >= 4 is 87.2 Å². The van der Waals surface area contributed by atoms with Gasteiger partial charge in [-0.25, -0.2) is 0 Å². The van der Waals surface area contributed by atoms with Crippen LogP contribution in [-0.2, 0) is 0 Å². The van der Waals surface area contributed by atoms with E-state index in [1.54, 1.807) is 0 Å². The van der Waals surface area contributed by atoms with Crippen LogP contribution in [0.2, 0.25) is 0 Å². The Morgan fingerprint density at radius 3 is 1.37 bits per heavy atom. The molecular weight excluding hydrogens is 673 g/mol. The maximum absolute atomic E-state index is 2.39. The van der Waals surface area contributed by atoms with E-state index < -0.39 is 0 Å². The number of nitrogens with zero attached hydrogens (tertiary/aromatic N) is 2. The smallest absolute Gasteiger partial charge is 0.0468 e. The Hall–Kier alpha value is -6.68. The second-order valence-electron chi connectivity index (χ2n) is 13.8. The first kappa shape index (κ1) is 32.0. The molecule has 1 aromatic heterocycles. The zero-order valence-electron chi connectivity index (χ0n) is 29.9. The topological polar surface area (TPSA) is 6.48 Å². The van der Waals surface area contributed by atoms with Crippen LogP contribution in [0.25, 0.3) is 52.8 Å². The van der Waals surface area contributed by atoms with Crippen molar-refractivity contribution in [3.63, 3.8) is 0 Å². The molecule has 2 nitrogen and oxygen atoms in total. The van der Waals surface area contributed by atoms with E-state index in [1.807, 2.05) is 11.3 Å². The van der Waals surface area contributed by atoms with Crippen LogP contribution < -0.4 is 9.80 Å². The zero-order chi connectivity index (χ0) is 36.0. The number of hydrogen-bond acceptors (Lipinski definition) is 3. The molecule has 3 heteroatoms. The average molecular weight is 709 g/mol. The van der Waals surface area contributed by atoms with Gasteiger partial charge in [0.15, 0.2) is 0 Å². The molecule has 0 spiro atoms. The Balaban J connectivity index is 1.05. The van der Waals surface area contributed by atoms with Crippen LogP contribution in [0.3, 0.4) is 0 Å². The number of para-hydroxylation sites is 2. The Morgan fingerprint density at radius 2 is 0.778 bits per heavy atom. The fourth-order valence-corrected chi connectivity index (χ4v) is 9.14. The van der Waals surface area contributed by atoms with Crippen LogP contribution in [0.5, 0.6) is 0 Å². The number of anilines is 6. The monoisotopic (exact) mass is 708 g/mol. The van der Waals surface area contributed by atoms with E-state index in [9.17, 15) is 0 Å². The Morgan fingerprint density at radius 1 is 0.333 bits per heavy atom. The SMILES string of the molecule is Cc1ccc(N(c2ccc(-c3ccc(N(c4ccccc4)c4ccccc4)cc3)cc2)c2ccc3c(c2)c2ccccc2c2c4ccccc4sc32)cc1. The highest BCUT2D eigenvalue weighted by Gasteiger charge is 2.18. The Kier molecular flexibility index (Phi) is 7.93. The van der Waals surface area contributed by atoms with E-state index in [2.05, 4.69) is 217 Å². The van der Waals surface area contributed by atoms with Gasteiger partial charge in [-0.3, -0.25) is 0 Å². The number of rotatable bonds is 7. The fraction of sp³-hybridized carbons (Fsp3) is 0.0196. The molecule has 10 rings (SSSR count). The molecule has 0 aliphatic heterocycles. The second-order valence-corrected chi connectivity index (χ2v) is 14.9. The molecule has 0 fully saturated rings. The molecule has 0 aliphatic rings. The third kappa shape index (κ3) is 5.58. The average Bonchev–Trinajstić information content (AvgIpc) is 3.63.